The van der Waals surface area contributed by atoms with Crippen LogP contribution >= 0.6 is 34.2 Å². The molecule has 0 bridgehead atoms. The molecule has 0 amide bonds. The highest BCUT2D eigenvalue weighted by Gasteiger charge is 2.12. The summed E-state index contributed by atoms with van der Waals surface area (Å²) >= 11 is 8.36. The Kier molecular flexibility index (Phi) is 4.42. The van der Waals surface area contributed by atoms with E-state index in [2.05, 4.69) is 58.2 Å². The Bertz CT molecular complexity index is 468. The first kappa shape index (κ1) is 12.9. The molecule has 1 atom stereocenters. The fourth-order valence-electron chi connectivity index (χ4n) is 1.90. The van der Waals surface area contributed by atoms with Crippen molar-refractivity contribution in [2.75, 3.05) is 7.05 Å². The Morgan fingerprint density at radius 1 is 1.06 bits per heavy atom. The monoisotopic (exact) mass is 357 g/mol. The molecule has 0 aliphatic heterocycles. The zero-order chi connectivity index (χ0) is 12.3. The Morgan fingerprint density at radius 3 is 2.29 bits per heavy atom. The van der Waals surface area contributed by atoms with Gasteiger partial charge in [-0.05, 0) is 65.0 Å². The van der Waals surface area contributed by atoms with Crippen molar-refractivity contribution in [3.63, 3.8) is 0 Å². The maximum Gasteiger partial charge on any atom is 0.0575 e. The van der Waals surface area contributed by atoms with Gasteiger partial charge in [0.2, 0.25) is 0 Å². The summed E-state index contributed by atoms with van der Waals surface area (Å²) in [5, 5.41) is 4.10. The van der Waals surface area contributed by atoms with E-state index in [0.29, 0.717) is 0 Å². The van der Waals surface area contributed by atoms with E-state index < -0.39 is 0 Å². The van der Waals surface area contributed by atoms with Gasteiger partial charge in [-0.3, -0.25) is 0 Å². The van der Waals surface area contributed by atoms with E-state index >= 15 is 0 Å². The van der Waals surface area contributed by atoms with Gasteiger partial charge >= 0.3 is 0 Å². The molecule has 1 nitrogen and oxygen atoms in total. The molecule has 0 spiro atoms. The third-order valence-electron chi connectivity index (χ3n) is 2.65. The minimum atomic E-state index is 0.184. The molecular formula is C14H13ClIN. The van der Waals surface area contributed by atoms with Crippen LogP contribution in [-0.4, -0.2) is 7.05 Å². The maximum atomic E-state index is 6.04. The van der Waals surface area contributed by atoms with Crippen LogP contribution in [0.1, 0.15) is 17.2 Å². The summed E-state index contributed by atoms with van der Waals surface area (Å²) in [5.41, 5.74) is 2.43. The predicted molar refractivity (Wildman–Crippen MR) is 81.5 cm³/mol. The summed E-state index contributed by atoms with van der Waals surface area (Å²) in [6, 6.07) is 16.6. The zero-order valence-corrected chi connectivity index (χ0v) is 12.4. The van der Waals surface area contributed by atoms with Gasteiger partial charge in [-0.25, -0.2) is 0 Å². The fraction of sp³-hybridized carbons (Fsp3) is 0.143. The number of hydrogen-bond donors (Lipinski definition) is 1. The standard InChI is InChI=1S/C14H13ClIN/c1-17-14(10-4-2-6-12(15)8-10)11-5-3-7-13(16)9-11/h2-9,14,17H,1H3. The molecule has 17 heavy (non-hydrogen) atoms. The first-order valence-corrected chi connectivity index (χ1v) is 6.84. The summed E-state index contributed by atoms with van der Waals surface area (Å²) in [6.45, 7) is 0. The summed E-state index contributed by atoms with van der Waals surface area (Å²) in [5.74, 6) is 0. The first-order chi connectivity index (χ1) is 8.20. The second-order valence-electron chi connectivity index (χ2n) is 3.83. The summed E-state index contributed by atoms with van der Waals surface area (Å²) in [4.78, 5) is 0. The van der Waals surface area contributed by atoms with Crippen molar-refractivity contribution in [1.29, 1.82) is 0 Å². The van der Waals surface area contributed by atoms with Crippen LogP contribution in [-0.2, 0) is 0 Å². The molecule has 3 heteroatoms. The van der Waals surface area contributed by atoms with Crippen molar-refractivity contribution in [3.8, 4) is 0 Å². The molecule has 2 aromatic carbocycles. The van der Waals surface area contributed by atoms with Crippen LogP contribution in [0.4, 0.5) is 0 Å². The van der Waals surface area contributed by atoms with Crippen LogP contribution in [0.2, 0.25) is 5.02 Å². The second-order valence-corrected chi connectivity index (χ2v) is 5.51. The largest absolute Gasteiger partial charge is 0.309 e. The number of hydrogen-bond acceptors (Lipinski definition) is 1. The van der Waals surface area contributed by atoms with Gasteiger partial charge in [0.1, 0.15) is 0 Å². The molecule has 2 rings (SSSR count). The van der Waals surface area contributed by atoms with Crippen molar-refractivity contribution >= 4 is 34.2 Å². The quantitative estimate of drug-likeness (QED) is 0.810. The smallest absolute Gasteiger partial charge is 0.0575 e. The molecule has 2 aromatic rings. The van der Waals surface area contributed by atoms with E-state index in [1.54, 1.807) is 0 Å². The maximum absolute atomic E-state index is 6.04. The second kappa shape index (κ2) is 5.85. The Balaban J connectivity index is 2.40. The lowest BCUT2D eigenvalue weighted by atomic mass is 9.99. The number of nitrogens with one attached hydrogen (secondary N) is 1. The van der Waals surface area contributed by atoms with Crippen molar-refractivity contribution in [3.05, 3.63) is 68.3 Å². The van der Waals surface area contributed by atoms with E-state index in [9.17, 15) is 0 Å². The SMILES string of the molecule is CNC(c1cccc(Cl)c1)c1cccc(I)c1. The molecular weight excluding hydrogens is 345 g/mol. The molecule has 0 aliphatic carbocycles. The highest BCUT2D eigenvalue weighted by atomic mass is 127. The number of halogens is 2. The van der Waals surface area contributed by atoms with Gasteiger partial charge < -0.3 is 5.32 Å². The third kappa shape index (κ3) is 3.21. The Morgan fingerprint density at radius 2 is 1.71 bits per heavy atom. The van der Waals surface area contributed by atoms with Crippen LogP contribution in [0.3, 0.4) is 0 Å². The zero-order valence-electron chi connectivity index (χ0n) is 9.45. The van der Waals surface area contributed by atoms with Crippen LogP contribution < -0.4 is 5.32 Å². The molecule has 1 N–H and O–H groups in total. The van der Waals surface area contributed by atoms with Crippen LogP contribution in [0.25, 0.3) is 0 Å². The summed E-state index contributed by atoms with van der Waals surface area (Å²) < 4.78 is 1.24. The third-order valence-corrected chi connectivity index (χ3v) is 3.56. The lowest BCUT2D eigenvalue weighted by Crippen LogP contribution is -2.17. The van der Waals surface area contributed by atoms with Crippen molar-refractivity contribution in [2.45, 2.75) is 6.04 Å². The molecule has 0 saturated carbocycles. The Labute approximate surface area is 120 Å². The highest BCUT2D eigenvalue weighted by Crippen LogP contribution is 2.25. The van der Waals surface area contributed by atoms with Gasteiger partial charge in [0, 0.05) is 8.59 Å². The van der Waals surface area contributed by atoms with E-state index in [-0.39, 0.29) is 6.04 Å². The number of benzene rings is 2. The van der Waals surface area contributed by atoms with E-state index in [4.69, 9.17) is 11.6 Å². The van der Waals surface area contributed by atoms with E-state index in [1.807, 2.05) is 25.2 Å². The van der Waals surface area contributed by atoms with E-state index in [1.165, 1.54) is 14.7 Å². The molecule has 0 saturated heterocycles. The van der Waals surface area contributed by atoms with Gasteiger partial charge in [-0.15, -0.1) is 0 Å². The minimum Gasteiger partial charge on any atom is -0.309 e. The predicted octanol–water partition coefficient (Wildman–Crippen LogP) is 4.25. The molecule has 0 aromatic heterocycles. The van der Waals surface area contributed by atoms with Gasteiger partial charge in [-0.2, -0.15) is 0 Å². The first-order valence-electron chi connectivity index (χ1n) is 5.39. The van der Waals surface area contributed by atoms with Crippen molar-refractivity contribution < 1.29 is 0 Å². The molecule has 88 valence electrons. The molecule has 0 heterocycles. The fourth-order valence-corrected chi connectivity index (χ4v) is 2.66. The molecule has 0 aliphatic rings. The average Bonchev–Trinajstić information content (AvgIpc) is 2.30. The molecule has 0 fully saturated rings. The Hall–Kier alpha value is -0.580. The lowest BCUT2D eigenvalue weighted by molar-refractivity contribution is 0.691. The molecule has 0 radical (unpaired) electrons. The van der Waals surface area contributed by atoms with Gasteiger partial charge in [0.25, 0.3) is 0 Å². The van der Waals surface area contributed by atoms with Crippen molar-refractivity contribution in [2.24, 2.45) is 0 Å². The normalized spacial score (nSPS) is 12.4. The lowest BCUT2D eigenvalue weighted by Gasteiger charge is -2.17. The van der Waals surface area contributed by atoms with Crippen LogP contribution in [0.5, 0.6) is 0 Å². The van der Waals surface area contributed by atoms with Gasteiger partial charge in [0.15, 0.2) is 0 Å². The highest BCUT2D eigenvalue weighted by molar-refractivity contribution is 14.1. The average molecular weight is 358 g/mol. The van der Waals surface area contributed by atoms with Crippen LogP contribution in [0, 0.1) is 3.57 Å². The topological polar surface area (TPSA) is 12.0 Å². The van der Waals surface area contributed by atoms with Crippen LogP contribution in [0.15, 0.2) is 48.5 Å². The minimum absolute atomic E-state index is 0.184. The summed E-state index contributed by atoms with van der Waals surface area (Å²) in [6.07, 6.45) is 0. The number of rotatable bonds is 3. The van der Waals surface area contributed by atoms with Gasteiger partial charge in [0.05, 0.1) is 6.04 Å². The van der Waals surface area contributed by atoms with Gasteiger partial charge in [-0.1, -0.05) is 35.9 Å². The van der Waals surface area contributed by atoms with E-state index in [0.717, 1.165) is 5.02 Å². The molecule has 1 unspecified atom stereocenters. The van der Waals surface area contributed by atoms with Crippen molar-refractivity contribution in [1.82, 2.24) is 5.32 Å². The summed E-state index contributed by atoms with van der Waals surface area (Å²) in [7, 11) is 1.96.